The van der Waals surface area contributed by atoms with E-state index in [9.17, 15) is 4.89 Å². The standard InChI is InChI=1S/CH2NO2P/c2-5(4)1-3/h1-2H. The summed E-state index contributed by atoms with van der Waals surface area (Å²) in [7, 11) is -2.28. The molecule has 0 radical (unpaired) electrons. The summed E-state index contributed by atoms with van der Waals surface area (Å²) in [5.74, 6) is 0. The van der Waals surface area contributed by atoms with E-state index in [1.807, 2.05) is 0 Å². The van der Waals surface area contributed by atoms with Gasteiger partial charge in [-0.25, -0.2) is 4.79 Å². The molecule has 0 aromatic heterocycles. The highest BCUT2D eigenvalue weighted by Gasteiger charge is 1.77. The van der Waals surface area contributed by atoms with Crippen LogP contribution in [0.5, 0.6) is 0 Å². The Hall–Kier alpha value is -0.270. The fraction of sp³-hybridized carbons (Fsp3) is 0. The zero-order valence-corrected chi connectivity index (χ0v) is 3.24. The van der Waals surface area contributed by atoms with Crippen LogP contribution in [-0.2, 0) is 4.79 Å². The second kappa shape index (κ2) is 2.00. The second-order valence-electron chi connectivity index (χ2n) is 0.431. The highest BCUT2D eigenvalue weighted by Crippen LogP contribution is 1.95. The van der Waals surface area contributed by atoms with Crippen LogP contribution in [0.25, 0.3) is 0 Å². The fourth-order valence-electron chi connectivity index (χ4n) is 0. The van der Waals surface area contributed by atoms with Gasteiger partial charge in [0, 0.05) is 0 Å². The Balaban J connectivity index is 3.20. The molecule has 0 aliphatic rings. The molecule has 0 fully saturated rings. The Bertz CT molecular complexity index is 60.7. The first-order valence-corrected chi connectivity index (χ1v) is 2.23. The lowest BCUT2D eigenvalue weighted by molar-refractivity contribution is -0.152. The molecule has 5 heavy (non-hydrogen) atoms. The fourth-order valence-corrected chi connectivity index (χ4v) is 0. The molecular formula is CH2NO2P. The monoisotopic (exact) mass is 91.0 g/mol. The minimum Gasteiger partial charge on any atom is -0.606 e. The van der Waals surface area contributed by atoms with Gasteiger partial charge in [-0.2, -0.15) is 0 Å². The summed E-state index contributed by atoms with van der Waals surface area (Å²) in [4.78, 5) is 18.3. The Morgan fingerprint density at radius 1 is 2.00 bits per heavy atom. The summed E-state index contributed by atoms with van der Waals surface area (Å²) in [5, 5.41) is 5.97. The van der Waals surface area contributed by atoms with E-state index in [2.05, 4.69) is 0 Å². The van der Waals surface area contributed by atoms with E-state index in [1.54, 1.807) is 0 Å². The van der Waals surface area contributed by atoms with Gasteiger partial charge in [0.1, 0.15) is 0 Å². The van der Waals surface area contributed by atoms with Gasteiger partial charge in [0.05, 0.1) is 0 Å². The third-order valence-corrected chi connectivity index (χ3v) is 0.287. The van der Waals surface area contributed by atoms with Crippen LogP contribution >= 0.6 is 7.94 Å². The molecule has 1 unspecified atom stereocenters. The van der Waals surface area contributed by atoms with Crippen LogP contribution in [0, 0.1) is 5.16 Å². The van der Waals surface area contributed by atoms with Gasteiger partial charge >= 0.3 is 6.03 Å². The summed E-state index contributed by atoms with van der Waals surface area (Å²) >= 11 is 0. The topological polar surface area (TPSA) is 64.0 Å². The molecule has 3 nitrogen and oxygen atoms in total. The predicted octanol–water partition coefficient (Wildman–Crippen LogP) is -0.304. The van der Waals surface area contributed by atoms with Crippen LogP contribution in [0.2, 0.25) is 0 Å². The van der Waals surface area contributed by atoms with E-state index in [0.29, 0.717) is 0 Å². The van der Waals surface area contributed by atoms with Crippen LogP contribution in [0.1, 0.15) is 0 Å². The lowest BCUT2D eigenvalue weighted by Gasteiger charge is -1.65. The SMILES string of the molecule is N=[P+]([O-])C=O. The molecule has 0 aliphatic carbocycles. The Kier molecular flexibility index (Phi) is 1.89. The normalized spacial score (nSPS) is 10.2. The van der Waals surface area contributed by atoms with Gasteiger partial charge in [0.15, 0.2) is 0 Å². The van der Waals surface area contributed by atoms with Gasteiger partial charge in [0.2, 0.25) is 7.94 Å². The van der Waals surface area contributed by atoms with E-state index >= 15 is 0 Å². The van der Waals surface area contributed by atoms with Crippen molar-refractivity contribution >= 4 is 14.0 Å². The number of rotatable bonds is 1. The lowest BCUT2D eigenvalue weighted by atomic mass is 11.8. The zero-order chi connectivity index (χ0) is 4.28. The number of carbonyl (C=O) groups excluding carboxylic acids is 1. The average molecular weight is 91.0 g/mol. The molecule has 0 saturated carbocycles. The number of carbonyl (C=O) groups is 1. The molecule has 4 heteroatoms. The van der Waals surface area contributed by atoms with Gasteiger partial charge in [-0.3, -0.25) is 0 Å². The zero-order valence-electron chi connectivity index (χ0n) is 2.34. The molecule has 1 atom stereocenters. The quantitative estimate of drug-likeness (QED) is 0.355. The van der Waals surface area contributed by atoms with E-state index in [-0.39, 0.29) is 6.03 Å². The summed E-state index contributed by atoms with van der Waals surface area (Å²) in [5.41, 5.74) is 0. The molecule has 0 aromatic carbocycles. The second-order valence-corrected chi connectivity index (χ2v) is 1.29. The summed E-state index contributed by atoms with van der Waals surface area (Å²) in [6, 6.07) is 0.0926. The number of hydrogen-bond donors (Lipinski definition) is 1. The Labute approximate surface area is 30.0 Å². The van der Waals surface area contributed by atoms with Crippen molar-refractivity contribution in [3.63, 3.8) is 0 Å². The van der Waals surface area contributed by atoms with Crippen molar-refractivity contribution in [2.24, 2.45) is 0 Å². The van der Waals surface area contributed by atoms with Gasteiger partial charge in [-0.15, -0.1) is 5.16 Å². The van der Waals surface area contributed by atoms with E-state index < -0.39 is 7.94 Å². The third-order valence-electron chi connectivity index (χ3n) is 0.0957. The van der Waals surface area contributed by atoms with E-state index in [4.69, 9.17) is 9.96 Å². The van der Waals surface area contributed by atoms with Gasteiger partial charge < -0.3 is 4.89 Å². The van der Waals surface area contributed by atoms with Crippen LogP contribution in [0.4, 0.5) is 0 Å². The van der Waals surface area contributed by atoms with E-state index in [1.165, 1.54) is 0 Å². The molecule has 28 valence electrons. The Morgan fingerprint density at radius 3 is 2.20 bits per heavy atom. The van der Waals surface area contributed by atoms with Crippen LogP contribution in [-0.4, -0.2) is 6.03 Å². The van der Waals surface area contributed by atoms with Crippen molar-refractivity contribution in [1.29, 1.82) is 5.16 Å². The van der Waals surface area contributed by atoms with Crippen molar-refractivity contribution in [3.8, 4) is 0 Å². The molecule has 0 amide bonds. The third kappa shape index (κ3) is 3.73. The predicted molar refractivity (Wildman–Crippen MR) is 16.4 cm³/mol. The maximum atomic E-state index is 9.26. The molecule has 0 heterocycles. The summed E-state index contributed by atoms with van der Waals surface area (Å²) in [6.45, 7) is 0. The Morgan fingerprint density at radius 2 is 2.20 bits per heavy atom. The first-order chi connectivity index (χ1) is 2.27. The van der Waals surface area contributed by atoms with Crippen LogP contribution in [0.15, 0.2) is 0 Å². The van der Waals surface area contributed by atoms with Crippen molar-refractivity contribution in [2.75, 3.05) is 0 Å². The molecular weight excluding hydrogens is 89.0 g/mol. The minimum absolute atomic E-state index is 0.0926. The van der Waals surface area contributed by atoms with Gasteiger partial charge in [-0.1, -0.05) is 0 Å². The molecule has 0 spiro atoms. The summed E-state index contributed by atoms with van der Waals surface area (Å²) < 4.78 is 0. The molecule has 0 saturated heterocycles. The van der Waals surface area contributed by atoms with Crippen molar-refractivity contribution < 1.29 is 9.69 Å². The number of nitrogens with one attached hydrogen (secondary N) is 1. The molecule has 0 rings (SSSR count). The van der Waals surface area contributed by atoms with Crippen molar-refractivity contribution in [1.82, 2.24) is 0 Å². The van der Waals surface area contributed by atoms with Gasteiger partial charge in [0.25, 0.3) is 0 Å². The molecule has 0 aliphatic heterocycles. The van der Waals surface area contributed by atoms with Crippen LogP contribution < -0.4 is 4.89 Å². The largest absolute Gasteiger partial charge is 0.606 e. The minimum atomic E-state index is -2.28. The van der Waals surface area contributed by atoms with Crippen molar-refractivity contribution in [3.05, 3.63) is 0 Å². The smallest absolute Gasteiger partial charge is 0.329 e. The van der Waals surface area contributed by atoms with Crippen molar-refractivity contribution in [2.45, 2.75) is 0 Å². The van der Waals surface area contributed by atoms with Crippen LogP contribution in [0.3, 0.4) is 0 Å². The first kappa shape index (κ1) is 4.73. The molecule has 0 aromatic rings. The summed E-state index contributed by atoms with van der Waals surface area (Å²) in [6.07, 6.45) is 0. The highest BCUT2D eigenvalue weighted by atomic mass is 31.1. The maximum Gasteiger partial charge on any atom is 0.329 e. The number of hydrogen-bond acceptors (Lipinski definition) is 3. The maximum absolute atomic E-state index is 9.26. The lowest BCUT2D eigenvalue weighted by Crippen LogP contribution is -1.81. The molecule has 1 N–H and O–H groups in total. The first-order valence-electron chi connectivity index (χ1n) is 0.900. The van der Waals surface area contributed by atoms with E-state index in [0.717, 1.165) is 0 Å². The highest BCUT2D eigenvalue weighted by molar-refractivity contribution is 7.54. The average Bonchev–Trinajstić information content (AvgIpc) is 1.38. The molecule has 0 bridgehead atoms. The van der Waals surface area contributed by atoms with Gasteiger partial charge in [-0.05, 0) is 0 Å².